The number of aryl methyl sites for hydroxylation is 1. The number of fused-ring (bicyclic) bond motifs is 1. The van der Waals surface area contributed by atoms with Crippen LogP contribution >= 0.6 is 0 Å². The van der Waals surface area contributed by atoms with Crippen molar-refractivity contribution in [3.05, 3.63) is 59.0 Å². The summed E-state index contributed by atoms with van der Waals surface area (Å²) in [5, 5.41) is 6.74. The molecule has 4 nitrogen and oxygen atoms in total. The predicted molar refractivity (Wildman–Crippen MR) is 107 cm³/mol. The molecule has 1 saturated heterocycles. The molecule has 128 valence electrons. The Morgan fingerprint density at radius 2 is 1.96 bits per heavy atom. The monoisotopic (exact) mass is 350 g/mol. The Labute approximate surface area is 149 Å². The summed E-state index contributed by atoms with van der Waals surface area (Å²) in [6, 6.07) is 14.8. The minimum absolute atomic E-state index is 0.0417. The topological polar surface area (TPSA) is 43.3 Å². The highest BCUT2D eigenvalue weighted by Gasteiger charge is 2.18. The van der Waals surface area contributed by atoms with Gasteiger partial charge in [0.05, 0.1) is 12.6 Å². The van der Waals surface area contributed by atoms with Crippen molar-refractivity contribution in [2.24, 2.45) is 7.05 Å². The lowest BCUT2D eigenvalue weighted by molar-refractivity contribution is 0.195. The van der Waals surface area contributed by atoms with E-state index in [2.05, 4.69) is 23.5 Å². The number of ether oxygens (including phenoxy) is 1. The van der Waals surface area contributed by atoms with E-state index in [0.29, 0.717) is 6.04 Å². The van der Waals surface area contributed by atoms with Gasteiger partial charge in [0.2, 0.25) is 0 Å². The number of pyridine rings is 1. The Balaban J connectivity index is 1.92. The summed E-state index contributed by atoms with van der Waals surface area (Å²) in [6.07, 6.45) is 2.98. The highest BCUT2D eigenvalue weighted by molar-refractivity contribution is 6.33. The molecule has 1 aromatic heterocycles. The molecule has 0 radical (unpaired) electrons. The van der Waals surface area contributed by atoms with Gasteiger partial charge in [0.25, 0.3) is 5.56 Å². The fourth-order valence-electron chi connectivity index (χ4n) is 3.51. The van der Waals surface area contributed by atoms with E-state index in [-0.39, 0.29) is 5.56 Å². The van der Waals surface area contributed by atoms with Gasteiger partial charge in [-0.15, -0.1) is 0 Å². The van der Waals surface area contributed by atoms with Gasteiger partial charge in [0.1, 0.15) is 0 Å². The summed E-state index contributed by atoms with van der Waals surface area (Å²) in [5.41, 5.74) is 3.40. The lowest BCUT2D eigenvalue weighted by Crippen LogP contribution is -2.21. The summed E-state index contributed by atoms with van der Waals surface area (Å²) in [4.78, 5) is 12.5. The zero-order valence-corrected chi connectivity index (χ0v) is 16.6. The molecule has 0 saturated carbocycles. The molecule has 5 heteroatoms. The average molecular weight is 350 g/mol. The Kier molecular flexibility index (Phi) is 4.19. The Hall–Kier alpha value is -2.37. The van der Waals surface area contributed by atoms with Crippen LogP contribution in [0.1, 0.15) is 6.42 Å². The number of anilines is 1. The molecule has 1 atom stereocenters. The van der Waals surface area contributed by atoms with Crippen LogP contribution in [0.25, 0.3) is 21.9 Å². The van der Waals surface area contributed by atoms with Crippen molar-refractivity contribution in [1.82, 2.24) is 4.57 Å². The number of hydrogen-bond donors (Lipinski definition) is 1. The normalized spacial score (nSPS) is 17.2. The van der Waals surface area contributed by atoms with Gasteiger partial charge in [0, 0.05) is 52.3 Å². The van der Waals surface area contributed by atoms with Crippen LogP contribution in [0.3, 0.4) is 0 Å². The van der Waals surface area contributed by atoms with Gasteiger partial charge >= 0.3 is 0 Å². The Morgan fingerprint density at radius 3 is 2.72 bits per heavy atom. The van der Waals surface area contributed by atoms with E-state index < -0.39 is 0 Å². The molecule has 0 amide bonds. The lowest BCUT2D eigenvalue weighted by Gasteiger charge is -2.19. The summed E-state index contributed by atoms with van der Waals surface area (Å²) in [6.45, 7) is 1.56. The van der Waals surface area contributed by atoms with Crippen molar-refractivity contribution in [2.75, 3.05) is 18.5 Å². The molecule has 25 heavy (non-hydrogen) atoms. The molecule has 3 aromatic rings. The van der Waals surface area contributed by atoms with E-state index in [1.165, 1.54) is 5.19 Å². The van der Waals surface area contributed by atoms with Crippen LogP contribution in [0.2, 0.25) is 0 Å². The fraction of sp³-hybridized carbons (Fsp3) is 0.250. The molecule has 1 unspecified atom stereocenters. The zero-order chi connectivity index (χ0) is 17.4. The average Bonchev–Trinajstić information content (AvgIpc) is 3.13. The molecular weight excluding hydrogens is 328 g/mol. The highest BCUT2D eigenvalue weighted by atomic mass is 28.1. The van der Waals surface area contributed by atoms with E-state index in [9.17, 15) is 4.79 Å². The second-order valence-electron chi connectivity index (χ2n) is 6.76. The molecule has 1 aliphatic heterocycles. The first-order valence-corrected chi connectivity index (χ1v) is 9.67. The van der Waals surface area contributed by atoms with Gasteiger partial charge in [-0.05, 0) is 23.9 Å². The molecule has 4 rings (SSSR count). The first-order chi connectivity index (χ1) is 12.1. The van der Waals surface area contributed by atoms with E-state index in [1.807, 2.05) is 37.5 Å². The number of nitrogens with zero attached hydrogens (tertiary/aromatic N) is 1. The van der Waals surface area contributed by atoms with Crippen molar-refractivity contribution in [3.63, 3.8) is 0 Å². The molecule has 2 aromatic carbocycles. The van der Waals surface area contributed by atoms with Gasteiger partial charge in [0.15, 0.2) is 0 Å². The third-order valence-corrected chi connectivity index (χ3v) is 5.47. The number of nitrogens with one attached hydrogen (secondary N) is 1. The summed E-state index contributed by atoms with van der Waals surface area (Å²) < 4.78 is 7.18. The van der Waals surface area contributed by atoms with Crippen LogP contribution in [0, 0.1) is 0 Å². The second-order valence-corrected chi connectivity index (χ2v) is 7.91. The van der Waals surface area contributed by atoms with Crippen molar-refractivity contribution in [1.29, 1.82) is 0 Å². The second kappa shape index (κ2) is 6.50. The maximum absolute atomic E-state index is 12.5. The predicted octanol–water partition coefficient (Wildman–Crippen LogP) is 1.40. The number of aromatic nitrogens is 1. The molecule has 1 N–H and O–H groups in total. The van der Waals surface area contributed by atoms with Crippen LogP contribution in [0.4, 0.5) is 5.69 Å². The van der Waals surface area contributed by atoms with Gasteiger partial charge < -0.3 is 14.6 Å². The number of benzene rings is 2. The largest absolute Gasteiger partial charge is 0.379 e. The lowest BCUT2D eigenvalue weighted by atomic mass is 9.98. The molecule has 0 aliphatic carbocycles. The highest BCUT2D eigenvalue weighted by Crippen LogP contribution is 2.32. The first-order valence-electron chi connectivity index (χ1n) is 8.67. The summed E-state index contributed by atoms with van der Waals surface area (Å²) in [5.74, 6) is 0. The molecular formula is C20H22N2O2Si. The third-order valence-electron chi connectivity index (χ3n) is 4.85. The Morgan fingerprint density at radius 1 is 1.16 bits per heavy atom. The van der Waals surface area contributed by atoms with Crippen molar-refractivity contribution in [3.8, 4) is 11.1 Å². The van der Waals surface area contributed by atoms with Crippen molar-refractivity contribution < 1.29 is 4.74 Å². The first kappa shape index (κ1) is 16.1. The van der Waals surface area contributed by atoms with Gasteiger partial charge in [-0.3, -0.25) is 4.79 Å². The smallest absolute Gasteiger partial charge is 0.258 e. The molecule has 1 fully saturated rings. The standard InChI is InChI=1S/C20H22N2O2Si/c1-22-11-18(15-4-2-3-5-16(15)20(22)23)17-10-14(25)6-7-19(17)21-13-8-9-24-12-13/h2-7,10-11,13,21H,8-9,12H2,1,25H3. The van der Waals surface area contributed by atoms with Crippen LogP contribution in [-0.4, -0.2) is 34.1 Å². The van der Waals surface area contributed by atoms with Gasteiger partial charge in [-0.1, -0.05) is 35.5 Å². The van der Waals surface area contributed by atoms with Crippen molar-refractivity contribution in [2.45, 2.75) is 12.5 Å². The van der Waals surface area contributed by atoms with E-state index in [4.69, 9.17) is 4.74 Å². The minimum Gasteiger partial charge on any atom is -0.379 e. The minimum atomic E-state index is 0.0417. The SMILES string of the molecule is Cn1cc(-c2cc([SiH3])ccc2NC2CCOC2)c2ccccc2c1=O. The number of hydrogen-bond acceptors (Lipinski definition) is 3. The summed E-state index contributed by atoms with van der Waals surface area (Å²) >= 11 is 0. The van der Waals surface area contributed by atoms with E-state index in [1.54, 1.807) is 4.57 Å². The van der Waals surface area contributed by atoms with Crippen LogP contribution < -0.4 is 16.1 Å². The van der Waals surface area contributed by atoms with E-state index in [0.717, 1.165) is 57.5 Å². The summed E-state index contributed by atoms with van der Waals surface area (Å²) in [7, 11) is 2.81. The Bertz CT molecular complexity index is 991. The molecule has 0 bridgehead atoms. The fourth-order valence-corrected chi connectivity index (χ4v) is 3.96. The van der Waals surface area contributed by atoms with Crippen LogP contribution in [0.5, 0.6) is 0 Å². The molecule has 1 aliphatic rings. The molecule has 2 heterocycles. The molecule has 0 spiro atoms. The van der Waals surface area contributed by atoms with Crippen LogP contribution in [0.15, 0.2) is 53.5 Å². The van der Waals surface area contributed by atoms with Crippen LogP contribution in [-0.2, 0) is 11.8 Å². The zero-order valence-electron chi connectivity index (χ0n) is 14.6. The quantitative estimate of drug-likeness (QED) is 0.726. The van der Waals surface area contributed by atoms with Gasteiger partial charge in [-0.2, -0.15) is 0 Å². The van der Waals surface area contributed by atoms with Gasteiger partial charge in [-0.25, -0.2) is 0 Å². The van der Waals surface area contributed by atoms with Crippen molar-refractivity contribution >= 4 is 31.9 Å². The maximum Gasteiger partial charge on any atom is 0.258 e. The maximum atomic E-state index is 12.5. The number of rotatable bonds is 3. The van der Waals surface area contributed by atoms with E-state index >= 15 is 0 Å². The third kappa shape index (κ3) is 3.01.